The van der Waals surface area contributed by atoms with Crippen molar-refractivity contribution < 1.29 is 4.74 Å². The summed E-state index contributed by atoms with van der Waals surface area (Å²) in [5.74, 6) is 0. The zero-order chi connectivity index (χ0) is 16.3. The highest BCUT2D eigenvalue weighted by Gasteiger charge is 2.16. The van der Waals surface area contributed by atoms with Crippen molar-refractivity contribution >= 4 is 42.5 Å². The van der Waals surface area contributed by atoms with E-state index in [0.29, 0.717) is 40.2 Å². The van der Waals surface area contributed by atoms with Crippen LogP contribution in [0.2, 0.25) is 30.8 Å². The molecule has 0 fully saturated rings. The van der Waals surface area contributed by atoms with Gasteiger partial charge in [-0.3, -0.25) is 0 Å². The van der Waals surface area contributed by atoms with Gasteiger partial charge in [-0.1, -0.05) is 43.0 Å². The molecule has 22 heavy (non-hydrogen) atoms. The molecule has 0 spiro atoms. The van der Waals surface area contributed by atoms with Crippen molar-refractivity contribution in [2.24, 2.45) is 0 Å². The monoisotopic (exact) mass is 354 g/mol. The minimum atomic E-state index is -1.11. The molecule has 0 saturated carbocycles. The van der Waals surface area contributed by atoms with E-state index in [1.807, 2.05) is 10.8 Å². The molecule has 8 heteroatoms. The summed E-state index contributed by atoms with van der Waals surface area (Å²) in [5.41, 5.74) is 1.12. The molecule has 2 aromatic heterocycles. The molecule has 0 radical (unpaired) electrons. The summed E-state index contributed by atoms with van der Waals surface area (Å²) in [4.78, 5) is 8.65. The molecule has 0 unspecified atom stereocenters. The third-order valence-corrected chi connectivity index (χ3v) is 5.71. The molecule has 0 N–H and O–H groups in total. The highest BCUT2D eigenvalue weighted by molar-refractivity contribution is 7.98. The molecule has 2 heterocycles. The summed E-state index contributed by atoms with van der Waals surface area (Å²) >= 11 is 7.61. The summed E-state index contributed by atoms with van der Waals surface area (Å²) in [7, 11) is -1.11. The van der Waals surface area contributed by atoms with Gasteiger partial charge in [-0.15, -0.1) is 0 Å². The topological polar surface area (TPSA) is 63.7 Å². The van der Waals surface area contributed by atoms with Gasteiger partial charge in [0.05, 0.1) is 10.9 Å². The van der Waals surface area contributed by atoms with E-state index in [0.717, 1.165) is 6.04 Å². The van der Waals surface area contributed by atoms with Crippen LogP contribution in [0.4, 0.5) is 0 Å². The molecule has 0 amide bonds. The lowest BCUT2D eigenvalue weighted by molar-refractivity contribution is 0.0898. The molecule has 2 rings (SSSR count). The Labute approximate surface area is 140 Å². The van der Waals surface area contributed by atoms with Crippen LogP contribution in [0.15, 0.2) is 11.4 Å². The minimum Gasteiger partial charge on any atom is -0.361 e. The second-order valence-electron chi connectivity index (χ2n) is 6.17. The van der Waals surface area contributed by atoms with E-state index in [9.17, 15) is 5.26 Å². The molecular formula is C14H19ClN4OSSi. The number of rotatable bonds is 6. The maximum Gasteiger partial charge on any atom is 0.190 e. The molecule has 5 nitrogen and oxygen atoms in total. The third kappa shape index (κ3) is 4.01. The van der Waals surface area contributed by atoms with Gasteiger partial charge >= 0.3 is 0 Å². The molecule has 0 aliphatic carbocycles. The fraction of sp³-hybridized carbons (Fsp3) is 0.500. The van der Waals surface area contributed by atoms with Crippen LogP contribution in [-0.2, 0) is 11.5 Å². The minimum absolute atomic E-state index is 0.312. The molecule has 118 valence electrons. The number of fused-ring (bicyclic) bond motifs is 1. The van der Waals surface area contributed by atoms with E-state index >= 15 is 0 Å². The Kier molecular flexibility index (Phi) is 5.50. The lowest BCUT2D eigenvalue weighted by Crippen LogP contribution is -2.22. The fourth-order valence-electron chi connectivity index (χ4n) is 1.94. The zero-order valence-corrected chi connectivity index (χ0v) is 15.8. The predicted octanol–water partition coefficient (Wildman–Crippen LogP) is 3.99. The first-order valence-electron chi connectivity index (χ1n) is 6.94. The largest absolute Gasteiger partial charge is 0.361 e. The van der Waals surface area contributed by atoms with Gasteiger partial charge in [0.15, 0.2) is 5.16 Å². The van der Waals surface area contributed by atoms with Crippen LogP contribution in [0.25, 0.3) is 11.0 Å². The number of hydrogen-bond acceptors (Lipinski definition) is 5. The number of nitriles is 1. The molecule has 0 aliphatic heterocycles. The average molecular weight is 355 g/mol. The van der Waals surface area contributed by atoms with Gasteiger partial charge in [-0.05, 0) is 12.3 Å². The predicted molar refractivity (Wildman–Crippen MR) is 93.1 cm³/mol. The molecule has 0 aliphatic rings. The summed E-state index contributed by atoms with van der Waals surface area (Å²) in [6.07, 6.45) is 3.62. The standard InChI is InChI=1S/C14H19ClN4OSSi/c1-21-14-17-12(15)11-10(7-16)8-19(13(11)18-14)9-20-5-6-22(2,3)4/h8H,5-6,9H2,1-4H3. The second-order valence-corrected chi connectivity index (χ2v) is 12.9. The number of nitrogens with zero attached hydrogens (tertiary/aromatic N) is 4. The van der Waals surface area contributed by atoms with Crippen molar-refractivity contribution in [2.45, 2.75) is 37.6 Å². The van der Waals surface area contributed by atoms with Crippen LogP contribution in [-0.4, -0.2) is 35.5 Å². The summed E-state index contributed by atoms with van der Waals surface area (Å²) in [6.45, 7) is 8.02. The van der Waals surface area contributed by atoms with E-state index < -0.39 is 8.07 Å². The van der Waals surface area contributed by atoms with Crippen molar-refractivity contribution in [1.82, 2.24) is 14.5 Å². The Morgan fingerprint density at radius 3 is 2.73 bits per heavy atom. The second kappa shape index (κ2) is 7.00. The first kappa shape index (κ1) is 17.3. The smallest absolute Gasteiger partial charge is 0.190 e. The Balaban J connectivity index is 2.26. The lowest BCUT2D eigenvalue weighted by Gasteiger charge is -2.15. The van der Waals surface area contributed by atoms with Gasteiger partial charge in [-0.25, -0.2) is 9.97 Å². The van der Waals surface area contributed by atoms with E-state index in [-0.39, 0.29) is 0 Å². The molecule has 0 bridgehead atoms. The summed E-state index contributed by atoms with van der Waals surface area (Å²) in [5, 5.41) is 10.8. The van der Waals surface area contributed by atoms with E-state index in [4.69, 9.17) is 16.3 Å². The van der Waals surface area contributed by atoms with Crippen LogP contribution >= 0.6 is 23.4 Å². The molecule has 0 atom stereocenters. The molecule has 0 saturated heterocycles. The number of thioether (sulfide) groups is 1. The SMILES string of the molecule is CSc1nc(Cl)c2c(C#N)cn(COCC[Si](C)(C)C)c2n1. The van der Waals surface area contributed by atoms with E-state index in [2.05, 4.69) is 35.7 Å². The van der Waals surface area contributed by atoms with Gasteiger partial charge in [-0.2, -0.15) is 5.26 Å². The highest BCUT2D eigenvalue weighted by Crippen LogP contribution is 2.28. The van der Waals surface area contributed by atoms with Crippen LogP contribution in [0.1, 0.15) is 5.56 Å². The average Bonchev–Trinajstić information content (AvgIpc) is 2.81. The first-order chi connectivity index (χ1) is 10.4. The van der Waals surface area contributed by atoms with Crippen LogP contribution in [0.3, 0.4) is 0 Å². The lowest BCUT2D eigenvalue weighted by atomic mass is 10.3. The van der Waals surface area contributed by atoms with Crippen molar-refractivity contribution in [3.05, 3.63) is 16.9 Å². The van der Waals surface area contributed by atoms with Crippen molar-refractivity contribution in [2.75, 3.05) is 12.9 Å². The Morgan fingerprint density at radius 1 is 1.41 bits per heavy atom. The van der Waals surface area contributed by atoms with Crippen LogP contribution < -0.4 is 0 Å². The van der Waals surface area contributed by atoms with Gasteiger partial charge in [0, 0.05) is 20.9 Å². The normalized spacial score (nSPS) is 11.8. The van der Waals surface area contributed by atoms with Gasteiger partial charge in [0.25, 0.3) is 0 Å². The maximum atomic E-state index is 9.26. The quantitative estimate of drug-likeness (QED) is 0.258. The van der Waals surface area contributed by atoms with E-state index in [1.165, 1.54) is 11.8 Å². The maximum absolute atomic E-state index is 9.26. The van der Waals surface area contributed by atoms with E-state index in [1.54, 1.807) is 6.20 Å². The fourth-order valence-corrected chi connectivity index (χ4v) is 3.37. The molecule has 0 aromatic carbocycles. The first-order valence-corrected chi connectivity index (χ1v) is 12.2. The molecular weight excluding hydrogens is 336 g/mol. The van der Waals surface area contributed by atoms with Gasteiger partial charge in [0.1, 0.15) is 23.6 Å². The van der Waals surface area contributed by atoms with Crippen LogP contribution in [0.5, 0.6) is 0 Å². The zero-order valence-electron chi connectivity index (χ0n) is 13.2. The Hall–Kier alpha value is -1.07. The summed E-state index contributed by atoms with van der Waals surface area (Å²) in [6, 6.07) is 3.24. The molecule has 2 aromatic rings. The Bertz CT molecular complexity index is 720. The summed E-state index contributed by atoms with van der Waals surface area (Å²) < 4.78 is 7.58. The number of ether oxygens (including phenoxy) is 1. The highest BCUT2D eigenvalue weighted by atomic mass is 35.5. The number of halogens is 1. The van der Waals surface area contributed by atoms with Gasteiger partial charge in [0.2, 0.25) is 0 Å². The number of hydrogen-bond donors (Lipinski definition) is 0. The van der Waals surface area contributed by atoms with Crippen LogP contribution in [0, 0.1) is 11.3 Å². The Morgan fingerprint density at radius 2 is 2.14 bits per heavy atom. The van der Waals surface area contributed by atoms with Crippen molar-refractivity contribution in [3.8, 4) is 6.07 Å². The number of aromatic nitrogens is 3. The van der Waals surface area contributed by atoms with Crippen molar-refractivity contribution in [1.29, 1.82) is 5.26 Å². The van der Waals surface area contributed by atoms with Gasteiger partial charge < -0.3 is 9.30 Å². The third-order valence-electron chi connectivity index (χ3n) is 3.18. The van der Waals surface area contributed by atoms with Crippen molar-refractivity contribution in [3.63, 3.8) is 0 Å².